The lowest BCUT2D eigenvalue weighted by Crippen LogP contribution is -2.43. The summed E-state index contributed by atoms with van der Waals surface area (Å²) in [5.41, 5.74) is 1.00. The molecule has 0 spiro atoms. The highest BCUT2D eigenvalue weighted by Gasteiger charge is 2.10. The molecule has 0 saturated heterocycles. The van der Waals surface area contributed by atoms with Gasteiger partial charge in [-0.3, -0.25) is 10.1 Å². The van der Waals surface area contributed by atoms with E-state index in [1.807, 2.05) is 19.1 Å². The summed E-state index contributed by atoms with van der Waals surface area (Å²) in [6.45, 7) is 2.17. The number of carbonyl (C=O) groups is 2. The third-order valence-corrected chi connectivity index (χ3v) is 3.45. The highest BCUT2D eigenvalue weighted by atomic mass is 35.5. The predicted molar refractivity (Wildman–Crippen MR) is 87.0 cm³/mol. The van der Waals surface area contributed by atoms with Gasteiger partial charge in [0.05, 0.1) is 19.4 Å². The van der Waals surface area contributed by atoms with Crippen molar-refractivity contribution in [1.82, 2.24) is 16.0 Å². The maximum absolute atomic E-state index is 11.7. The molecule has 0 bridgehead atoms. The molecule has 1 aromatic heterocycles. The van der Waals surface area contributed by atoms with Crippen LogP contribution in [0.25, 0.3) is 0 Å². The minimum atomic E-state index is -0.563. The number of rotatable bonds is 6. The van der Waals surface area contributed by atoms with Gasteiger partial charge in [-0.05, 0) is 36.8 Å². The summed E-state index contributed by atoms with van der Waals surface area (Å²) in [4.78, 5) is 23.3. The van der Waals surface area contributed by atoms with Crippen LogP contribution in [0.3, 0.4) is 0 Å². The molecule has 0 fully saturated rings. The number of hydrogen-bond donors (Lipinski definition) is 3. The van der Waals surface area contributed by atoms with Crippen molar-refractivity contribution in [2.24, 2.45) is 0 Å². The first-order valence-corrected chi connectivity index (χ1v) is 7.51. The SMILES string of the molecule is CC(NCC(=O)NC(=O)NCc1ccco1)c1ccc(Cl)cc1. The maximum Gasteiger partial charge on any atom is 0.321 e. The van der Waals surface area contributed by atoms with E-state index in [9.17, 15) is 9.59 Å². The molecule has 122 valence electrons. The van der Waals surface area contributed by atoms with Crippen molar-refractivity contribution in [1.29, 1.82) is 0 Å². The first-order valence-electron chi connectivity index (χ1n) is 7.13. The third-order valence-electron chi connectivity index (χ3n) is 3.20. The molecule has 23 heavy (non-hydrogen) atoms. The van der Waals surface area contributed by atoms with Crippen LogP contribution < -0.4 is 16.0 Å². The predicted octanol–water partition coefficient (Wildman–Crippen LogP) is 2.61. The Morgan fingerprint density at radius 3 is 2.61 bits per heavy atom. The van der Waals surface area contributed by atoms with Gasteiger partial charge >= 0.3 is 6.03 Å². The zero-order chi connectivity index (χ0) is 16.7. The molecule has 0 radical (unpaired) electrons. The van der Waals surface area contributed by atoms with E-state index in [2.05, 4.69) is 16.0 Å². The van der Waals surface area contributed by atoms with Gasteiger partial charge in [-0.2, -0.15) is 0 Å². The molecule has 0 aliphatic rings. The van der Waals surface area contributed by atoms with Crippen molar-refractivity contribution in [3.8, 4) is 0 Å². The van der Waals surface area contributed by atoms with Crippen molar-refractivity contribution in [2.45, 2.75) is 19.5 Å². The molecule has 1 atom stereocenters. The van der Waals surface area contributed by atoms with E-state index < -0.39 is 11.9 Å². The van der Waals surface area contributed by atoms with Gasteiger partial charge in [-0.25, -0.2) is 4.79 Å². The van der Waals surface area contributed by atoms with E-state index in [4.69, 9.17) is 16.0 Å². The molecule has 0 aliphatic carbocycles. The summed E-state index contributed by atoms with van der Waals surface area (Å²) < 4.78 is 5.08. The van der Waals surface area contributed by atoms with Gasteiger partial charge in [0.2, 0.25) is 5.91 Å². The first-order chi connectivity index (χ1) is 11.0. The van der Waals surface area contributed by atoms with E-state index in [1.165, 1.54) is 6.26 Å². The van der Waals surface area contributed by atoms with Crippen LogP contribution in [-0.4, -0.2) is 18.5 Å². The molecule has 3 N–H and O–H groups in total. The third kappa shape index (κ3) is 5.77. The molecule has 2 rings (SSSR count). The molecular weight excluding hydrogens is 318 g/mol. The molecule has 3 amide bonds. The number of amides is 3. The fourth-order valence-electron chi connectivity index (χ4n) is 1.91. The van der Waals surface area contributed by atoms with Gasteiger partial charge in [0.15, 0.2) is 0 Å². The lowest BCUT2D eigenvalue weighted by atomic mass is 10.1. The number of hydrogen-bond acceptors (Lipinski definition) is 4. The van der Waals surface area contributed by atoms with Crippen LogP contribution in [0.15, 0.2) is 47.1 Å². The van der Waals surface area contributed by atoms with Crippen LogP contribution in [0.4, 0.5) is 4.79 Å². The Morgan fingerprint density at radius 2 is 1.96 bits per heavy atom. The molecule has 6 nitrogen and oxygen atoms in total. The van der Waals surface area contributed by atoms with E-state index in [0.717, 1.165) is 5.56 Å². The molecule has 1 heterocycles. The highest BCUT2D eigenvalue weighted by molar-refractivity contribution is 6.30. The summed E-state index contributed by atoms with van der Waals surface area (Å²) >= 11 is 5.83. The fourth-order valence-corrected chi connectivity index (χ4v) is 2.04. The molecule has 7 heteroatoms. The highest BCUT2D eigenvalue weighted by Crippen LogP contribution is 2.15. The average molecular weight is 336 g/mol. The van der Waals surface area contributed by atoms with Crippen molar-refractivity contribution >= 4 is 23.5 Å². The molecule has 1 unspecified atom stereocenters. The standard InChI is InChI=1S/C16H18ClN3O3/c1-11(12-4-6-13(17)7-5-12)18-10-15(21)20-16(22)19-9-14-3-2-8-23-14/h2-8,11,18H,9-10H2,1H3,(H2,19,20,21,22). The second kappa shape index (κ2) is 8.36. The van der Waals surface area contributed by atoms with Crippen LogP contribution in [-0.2, 0) is 11.3 Å². The summed E-state index contributed by atoms with van der Waals surface area (Å²) in [5, 5.41) is 8.48. The van der Waals surface area contributed by atoms with Crippen molar-refractivity contribution in [3.05, 3.63) is 59.0 Å². The minimum Gasteiger partial charge on any atom is -0.467 e. The summed E-state index contributed by atoms with van der Waals surface area (Å²) in [6, 6.07) is 10.2. The van der Waals surface area contributed by atoms with Gasteiger partial charge < -0.3 is 15.1 Å². The average Bonchev–Trinajstić information content (AvgIpc) is 3.05. The van der Waals surface area contributed by atoms with Crippen LogP contribution in [0, 0.1) is 0 Å². The minimum absolute atomic E-state index is 0.0258. The molecular formula is C16H18ClN3O3. The van der Waals surface area contributed by atoms with Crippen LogP contribution in [0.2, 0.25) is 5.02 Å². The summed E-state index contributed by atoms with van der Waals surface area (Å²) in [5.74, 6) is 0.199. The van der Waals surface area contributed by atoms with Crippen molar-refractivity contribution in [3.63, 3.8) is 0 Å². The quantitative estimate of drug-likeness (QED) is 0.757. The first kappa shape index (κ1) is 17.1. The van der Waals surface area contributed by atoms with Gasteiger partial charge in [-0.15, -0.1) is 0 Å². The lowest BCUT2D eigenvalue weighted by molar-refractivity contribution is -0.119. The van der Waals surface area contributed by atoms with Gasteiger partial charge in [-0.1, -0.05) is 23.7 Å². The number of furan rings is 1. The second-order valence-corrected chi connectivity index (χ2v) is 5.40. The Hall–Kier alpha value is -2.31. The molecule has 2 aromatic rings. The topological polar surface area (TPSA) is 83.4 Å². The largest absolute Gasteiger partial charge is 0.467 e. The summed E-state index contributed by atoms with van der Waals surface area (Å²) in [7, 11) is 0. The smallest absolute Gasteiger partial charge is 0.321 e. The van der Waals surface area contributed by atoms with E-state index in [-0.39, 0.29) is 19.1 Å². The van der Waals surface area contributed by atoms with E-state index in [1.54, 1.807) is 24.3 Å². The van der Waals surface area contributed by atoms with Gasteiger partial charge in [0, 0.05) is 11.1 Å². The number of imide groups is 1. The number of halogens is 1. The normalized spacial score (nSPS) is 11.7. The number of urea groups is 1. The van der Waals surface area contributed by atoms with Gasteiger partial charge in [0.1, 0.15) is 5.76 Å². The Bertz CT molecular complexity index is 641. The van der Waals surface area contributed by atoms with Gasteiger partial charge in [0.25, 0.3) is 0 Å². The molecule has 0 aliphatic heterocycles. The lowest BCUT2D eigenvalue weighted by Gasteiger charge is -2.14. The number of carbonyl (C=O) groups excluding carboxylic acids is 2. The molecule has 1 aromatic carbocycles. The molecule has 0 saturated carbocycles. The number of benzene rings is 1. The van der Waals surface area contributed by atoms with Crippen LogP contribution >= 0.6 is 11.6 Å². The van der Waals surface area contributed by atoms with Crippen LogP contribution in [0.1, 0.15) is 24.3 Å². The fraction of sp³-hybridized carbons (Fsp3) is 0.250. The Kier molecular flexibility index (Phi) is 6.19. The second-order valence-electron chi connectivity index (χ2n) is 4.96. The van der Waals surface area contributed by atoms with E-state index in [0.29, 0.717) is 10.8 Å². The Labute approximate surface area is 139 Å². The maximum atomic E-state index is 11.7. The Morgan fingerprint density at radius 1 is 1.22 bits per heavy atom. The zero-order valence-corrected chi connectivity index (χ0v) is 13.4. The van der Waals surface area contributed by atoms with Crippen molar-refractivity contribution in [2.75, 3.05) is 6.54 Å². The van der Waals surface area contributed by atoms with E-state index >= 15 is 0 Å². The summed E-state index contributed by atoms with van der Waals surface area (Å²) in [6.07, 6.45) is 1.52. The van der Waals surface area contributed by atoms with Crippen LogP contribution in [0.5, 0.6) is 0 Å². The Balaban J connectivity index is 1.69. The van der Waals surface area contributed by atoms with Crippen molar-refractivity contribution < 1.29 is 14.0 Å². The number of nitrogens with one attached hydrogen (secondary N) is 3. The monoisotopic (exact) mass is 335 g/mol. The zero-order valence-electron chi connectivity index (χ0n) is 12.6.